The molecular formula is C104H124N26O9S. The number of amides is 6. The van der Waals surface area contributed by atoms with Gasteiger partial charge in [0.25, 0.3) is 29.5 Å². The second-order valence-electron chi connectivity index (χ2n) is 37.1. The molecule has 6 amide bonds. The average Bonchev–Trinajstić information content (AvgIpc) is 1.57. The van der Waals surface area contributed by atoms with Gasteiger partial charge in [-0.25, -0.2) is 58.3 Å². The number of hydrogen-bond acceptors (Lipinski definition) is 27. The van der Waals surface area contributed by atoms with Gasteiger partial charge in [0.05, 0.1) is 51.7 Å². The van der Waals surface area contributed by atoms with Gasteiger partial charge < -0.3 is 61.1 Å². The highest BCUT2D eigenvalue weighted by molar-refractivity contribution is 7.91. The highest BCUT2D eigenvalue weighted by Gasteiger charge is 2.33. The van der Waals surface area contributed by atoms with Crippen LogP contribution in [0.4, 0.5) is 63.2 Å². The molecule has 5 aromatic carbocycles. The maximum Gasteiger partial charge on any atom is 0.274 e. The number of anilines is 11. The number of carbonyl (C=O) groups excluding carboxylic acids is 6. The van der Waals surface area contributed by atoms with Gasteiger partial charge in [-0.2, -0.15) is 10.2 Å². The zero-order valence-corrected chi connectivity index (χ0v) is 80.9. The molecule has 140 heavy (non-hydrogen) atoms. The van der Waals surface area contributed by atoms with Crippen molar-refractivity contribution in [1.82, 2.24) is 75.2 Å². The number of para-hydroxylation sites is 1. The van der Waals surface area contributed by atoms with Crippen molar-refractivity contribution in [1.29, 1.82) is 0 Å². The number of fused-ring (bicyclic) bond motifs is 4. The minimum atomic E-state index is -3.37. The van der Waals surface area contributed by atoms with Gasteiger partial charge in [0, 0.05) is 160 Å². The third kappa shape index (κ3) is 26.9. The third-order valence-corrected chi connectivity index (χ3v) is 28.7. The van der Waals surface area contributed by atoms with Gasteiger partial charge in [-0.1, -0.05) is 102 Å². The topological polar surface area (TPSA) is 433 Å². The Morgan fingerprint density at radius 1 is 0.429 bits per heavy atom. The Kier molecular flexibility index (Phi) is 33.6. The van der Waals surface area contributed by atoms with Gasteiger partial charge in [0.1, 0.15) is 89.2 Å². The minimum absolute atomic E-state index is 0.0186. The van der Waals surface area contributed by atoms with E-state index in [4.69, 9.17) is 4.74 Å². The summed E-state index contributed by atoms with van der Waals surface area (Å²) < 4.78 is 29.6. The molecule has 0 atom stereocenters. The van der Waals surface area contributed by atoms with Gasteiger partial charge >= 0.3 is 0 Å². The summed E-state index contributed by atoms with van der Waals surface area (Å²) in [6.07, 6.45) is 44.0. The van der Waals surface area contributed by atoms with Gasteiger partial charge in [-0.05, 0) is 198 Å². The van der Waals surface area contributed by atoms with Crippen LogP contribution in [0.2, 0.25) is 0 Å². The fourth-order valence-electron chi connectivity index (χ4n) is 18.6. The summed E-state index contributed by atoms with van der Waals surface area (Å²) in [7, 11) is 4.26. The van der Waals surface area contributed by atoms with E-state index in [1.54, 1.807) is 80.3 Å². The molecule has 35 nitrogen and oxygen atoms in total. The van der Waals surface area contributed by atoms with E-state index < -0.39 is 9.84 Å². The zero-order valence-electron chi connectivity index (χ0n) is 80.1. The number of carbonyl (C=O) groups is 6. The predicted octanol–water partition coefficient (Wildman–Crippen LogP) is 17.7. The SMILES string of the molecule is CCCN(CC1CC1)c1cc(C(=O)Nc2ccc3[nH]ncc3c2)ncn1.CN(c1cc(C(=O)Nc2ccc3c(c2)CC(=O)N3)ncn1)C1CCCCC1.CN(c1cc(C(=O)Nc2ccnc3ccccc23)ncn1)C1CCCCC1.COCCCS(=O)(=O)c1ccc(NC(=O)c2cc(N(C)C3CCCCC3)ncn2)cc1.O=C(Nc1ccc2[nH]ncc2c1)c1cc(N(CC2CC2)C2CCCCC2)ncn1. The number of H-pyrrole nitrogens is 2. The monoisotopic (exact) mass is 1910 g/mol. The van der Waals surface area contributed by atoms with Crippen LogP contribution in [0.3, 0.4) is 0 Å². The quantitative estimate of drug-likeness (QED) is 0.0194. The number of hydrogen-bond donors (Lipinski definition) is 8. The van der Waals surface area contributed by atoms with Crippen LogP contribution >= 0.6 is 0 Å². The summed E-state index contributed by atoms with van der Waals surface area (Å²) >= 11 is 0. The molecule has 1 aliphatic heterocycles. The lowest BCUT2D eigenvalue weighted by Gasteiger charge is -2.35. The summed E-state index contributed by atoms with van der Waals surface area (Å²) in [5, 5.41) is 33.9. The lowest BCUT2D eigenvalue weighted by Crippen LogP contribution is -2.39. The molecule has 0 radical (unpaired) electrons. The van der Waals surface area contributed by atoms with E-state index in [1.165, 1.54) is 172 Å². The Bertz CT molecular complexity index is 6530. The van der Waals surface area contributed by atoms with Crippen LogP contribution in [0.15, 0.2) is 195 Å². The van der Waals surface area contributed by atoms with Crippen molar-refractivity contribution >= 4 is 141 Å². The summed E-state index contributed by atoms with van der Waals surface area (Å²) in [5.74, 6) is 4.17. The molecule has 20 rings (SSSR count). The summed E-state index contributed by atoms with van der Waals surface area (Å²) in [5.41, 5.74) is 9.47. The maximum absolute atomic E-state index is 12.8. The van der Waals surface area contributed by atoms with Crippen molar-refractivity contribution in [2.75, 3.05) is 117 Å². The van der Waals surface area contributed by atoms with Crippen molar-refractivity contribution < 1.29 is 41.9 Å². The van der Waals surface area contributed by atoms with Crippen molar-refractivity contribution in [3.8, 4) is 0 Å². The summed E-state index contributed by atoms with van der Waals surface area (Å²) in [6, 6.07) is 43.1. The Balaban J connectivity index is 0.000000126. The number of aromatic nitrogens is 15. The van der Waals surface area contributed by atoms with Gasteiger partial charge in [0.2, 0.25) is 5.91 Å². The highest BCUT2D eigenvalue weighted by Crippen LogP contribution is 2.38. The molecule has 0 spiro atoms. The Hall–Kier alpha value is -14.4. The fraction of sp³-hybridized carbons (Fsp3) is 0.413. The van der Waals surface area contributed by atoms with E-state index in [1.807, 2.05) is 86.9 Å². The van der Waals surface area contributed by atoms with E-state index in [0.29, 0.717) is 83.5 Å². The largest absolute Gasteiger partial charge is 0.385 e. The maximum atomic E-state index is 12.8. The number of nitrogens with zero attached hydrogens (tertiary/aromatic N) is 18. The normalized spacial score (nSPS) is 15.5. The summed E-state index contributed by atoms with van der Waals surface area (Å²) in [6.45, 7) is 5.53. The van der Waals surface area contributed by atoms with E-state index in [9.17, 15) is 37.2 Å². The van der Waals surface area contributed by atoms with Crippen molar-refractivity contribution in [3.05, 3.63) is 224 Å². The molecular weight excluding hydrogens is 1790 g/mol. The Morgan fingerprint density at radius 3 is 1.32 bits per heavy atom. The number of pyridine rings is 1. The molecule has 8 aromatic heterocycles. The lowest BCUT2D eigenvalue weighted by molar-refractivity contribution is -0.115. The van der Waals surface area contributed by atoms with Gasteiger partial charge in [-0.15, -0.1) is 0 Å². The van der Waals surface area contributed by atoms with Gasteiger partial charge in [-0.3, -0.25) is 43.9 Å². The minimum Gasteiger partial charge on any atom is -0.385 e. The smallest absolute Gasteiger partial charge is 0.274 e. The van der Waals surface area contributed by atoms with Crippen LogP contribution in [-0.2, 0) is 25.8 Å². The highest BCUT2D eigenvalue weighted by atomic mass is 32.2. The number of sulfone groups is 1. The Morgan fingerprint density at radius 2 is 0.843 bits per heavy atom. The van der Waals surface area contributed by atoms with Crippen molar-refractivity contribution in [2.24, 2.45) is 11.8 Å². The third-order valence-electron chi connectivity index (χ3n) is 26.8. The Labute approximate surface area is 815 Å². The molecule has 8 N–H and O–H groups in total. The number of aromatic amines is 2. The first-order chi connectivity index (χ1) is 68.2. The second kappa shape index (κ2) is 47.8. The van der Waals surface area contributed by atoms with Crippen LogP contribution in [-0.4, -0.2) is 203 Å². The molecule has 9 heterocycles. The molecule has 6 fully saturated rings. The average molecular weight is 1910 g/mol. The van der Waals surface area contributed by atoms with Crippen molar-refractivity contribution in [3.63, 3.8) is 0 Å². The molecule has 7 aliphatic rings. The molecule has 13 aromatic rings. The molecule has 36 heteroatoms. The van der Waals surface area contributed by atoms with E-state index in [2.05, 4.69) is 146 Å². The van der Waals surface area contributed by atoms with Crippen LogP contribution in [0.25, 0.3) is 32.7 Å². The van der Waals surface area contributed by atoms with Crippen LogP contribution in [0, 0.1) is 11.8 Å². The van der Waals surface area contributed by atoms with E-state index in [0.717, 1.165) is 148 Å². The van der Waals surface area contributed by atoms with E-state index in [-0.39, 0.29) is 51.8 Å². The van der Waals surface area contributed by atoms with Crippen LogP contribution in [0.1, 0.15) is 232 Å². The number of benzene rings is 5. The number of nitrogens with one attached hydrogen (secondary N) is 8. The lowest BCUT2D eigenvalue weighted by atomic mass is 9.94. The first kappa shape index (κ1) is 98.6. The van der Waals surface area contributed by atoms with Crippen LogP contribution in [0.5, 0.6) is 0 Å². The van der Waals surface area contributed by atoms with Crippen LogP contribution < -0.4 is 56.4 Å². The predicted molar refractivity (Wildman–Crippen MR) is 546 cm³/mol. The number of ether oxygens (including phenoxy) is 1. The first-order valence-electron chi connectivity index (χ1n) is 49.0. The van der Waals surface area contributed by atoms with Gasteiger partial charge in [0.15, 0.2) is 9.84 Å². The second-order valence-corrected chi connectivity index (χ2v) is 39.2. The molecule has 0 saturated heterocycles. The molecule has 0 bridgehead atoms. The number of methoxy groups -OCH3 is 1. The summed E-state index contributed by atoms with van der Waals surface area (Å²) in [4.78, 5) is 133. The molecule has 0 unspecified atom stereocenters. The zero-order chi connectivity index (χ0) is 97.3. The number of rotatable bonds is 30. The standard InChI is InChI=1S/C22H26N6O.C22H30N4O4S.C21H23N5O.C20H23N5O2.C19H22N6O/c29-22(26-17-8-9-19-16(10-17)12-25-27-19)20-11-21(24-14-23-20)28(13-15-6-7-15)18-4-2-1-3-5-18;1-26(18-7-4-3-5-8-18)21-15-20(23-16-24-21)22(27)25-17-9-11-19(12-10-17)31(28,29)14-6-13-30-2;1-26(15-7-3-2-4-8-15)20-13-19(23-14-24-20)21(27)25-18-11-12-22-17-10-6-5-9-16(17)18;1-25(15-5-3-2-4-6-15)18-11-17(21-12-22-18)20(27)23-14-7-8-16-13(9-14)10-19(26)24-16;1-2-7-25(11-13-3-4-13)18-9-17(20-12-21-18)19(26)23-15-5-6-16-14(8-15)10-22-24-16/h8-12,14-15,18H,1-7,13H2,(H,25,27)(H,26,29);9-12,15-16,18H,3-8,13-14H2,1-2H3,(H,25,27);5-6,9-15H,2-4,7-8H2,1H3,(H,22,25,27);7-9,11-12,15H,2-6,10H2,1H3,(H,23,27)(H,24,26);5-6,8-10,12-13H,2-4,7,11H2,1H3,(H,22,24)(H,23,26). The first-order valence-corrected chi connectivity index (χ1v) is 50.7. The fourth-order valence-corrected chi connectivity index (χ4v) is 19.9. The molecule has 6 aliphatic carbocycles. The van der Waals surface area contributed by atoms with Crippen molar-refractivity contribution in [2.45, 2.75) is 209 Å². The molecule has 730 valence electrons. The van der Waals surface area contributed by atoms with E-state index >= 15 is 0 Å². The molecule has 6 saturated carbocycles.